The van der Waals surface area contributed by atoms with Crippen LogP contribution in [0, 0.1) is 5.82 Å². The number of halogens is 1. The van der Waals surface area contributed by atoms with Gasteiger partial charge in [0, 0.05) is 25.2 Å². The zero-order chi connectivity index (χ0) is 14.3. The Bertz CT molecular complexity index is 388. The maximum absolute atomic E-state index is 13.7. The smallest absolute Gasteiger partial charge is 0.165 e. The average molecular weight is 270 g/mol. The molecule has 5 heteroatoms. The number of hydrogen-bond acceptors (Lipinski definition) is 4. The van der Waals surface area contributed by atoms with Gasteiger partial charge in [-0.1, -0.05) is 6.07 Å². The van der Waals surface area contributed by atoms with Gasteiger partial charge in [0.2, 0.25) is 0 Å². The first-order chi connectivity index (χ1) is 9.12. The highest BCUT2D eigenvalue weighted by Crippen LogP contribution is 2.22. The molecule has 2 unspecified atom stereocenters. The van der Waals surface area contributed by atoms with Gasteiger partial charge in [0.1, 0.15) is 0 Å². The monoisotopic (exact) mass is 270 g/mol. The van der Waals surface area contributed by atoms with E-state index in [1.165, 1.54) is 13.2 Å². The van der Waals surface area contributed by atoms with Crippen molar-refractivity contribution in [1.82, 2.24) is 5.32 Å². The minimum Gasteiger partial charge on any atom is -0.494 e. The Morgan fingerprint density at radius 1 is 1.47 bits per heavy atom. The molecule has 1 aromatic carbocycles. The molecule has 0 saturated carbocycles. The van der Waals surface area contributed by atoms with Crippen molar-refractivity contribution in [3.05, 3.63) is 29.6 Å². The summed E-state index contributed by atoms with van der Waals surface area (Å²) in [6, 6.07) is 4.97. The molecule has 4 nitrogen and oxygen atoms in total. The number of nitrogens with two attached hydrogens (primary N) is 1. The van der Waals surface area contributed by atoms with Gasteiger partial charge in [0.15, 0.2) is 11.6 Å². The van der Waals surface area contributed by atoms with Crippen LogP contribution in [0.4, 0.5) is 4.39 Å². The Labute approximate surface area is 113 Å². The minimum absolute atomic E-state index is 0.103. The summed E-state index contributed by atoms with van der Waals surface area (Å²) in [5.41, 5.74) is 6.54. The van der Waals surface area contributed by atoms with Crippen molar-refractivity contribution in [2.45, 2.75) is 31.8 Å². The van der Waals surface area contributed by atoms with Crippen molar-refractivity contribution in [3.63, 3.8) is 0 Å². The molecule has 1 aromatic rings. The van der Waals surface area contributed by atoms with E-state index in [0.29, 0.717) is 6.54 Å². The van der Waals surface area contributed by atoms with Crippen molar-refractivity contribution < 1.29 is 14.2 Å². The molecule has 0 bridgehead atoms. The maximum Gasteiger partial charge on any atom is 0.165 e. The second kappa shape index (κ2) is 8.09. The fourth-order valence-electron chi connectivity index (χ4n) is 2.02. The fraction of sp³-hybridized carbons (Fsp3) is 0.571. The van der Waals surface area contributed by atoms with Crippen LogP contribution in [0.15, 0.2) is 18.2 Å². The Morgan fingerprint density at radius 3 is 2.74 bits per heavy atom. The van der Waals surface area contributed by atoms with Crippen molar-refractivity contribution in [2.75, 3.05) is 20.3 Å². The van der Waals surface area contributed by atoms with Crippen molar-refractivity contribution >= 4 is 0 Å². The molecule has 2 atom stereocenters. The highest BCUT2D eigenvalue weighted by atomic mass is 19.1. The molecule has 19 heavy (non-hydrogen) atoms. The molecular formula is C14H23FN2O2. The molecule has 1 rings (SSSR count). The summed E-state index contributed by atoms with van der Waals surface area (Å²) in [7, 11) is 1.44. The van der Waals surface area contributed by atoms with E-state index < -0.39 is 0 Å². The molecular weight excluding hydrogens is 247 g/mol. The van der Waals surface area contributed by atoms with E-state index in [9.17, 15) is 4.39 Å². The Hall–Kier alpha value is -1.17. The quantitative estimate of drug-likeness (QED) is 0.671. The van der Waals surface area contributed by atoms with Crippen molar-refractivity contribution in [1.29, 1.82) is 0 Å². The molecule has 4 N–H and O–H groups in total. The third kappa shape index (κ3) is 4.78. The third-order valence-corrected chi connectivity index (χ3v) is 3.09. The summed E-state index contributed by atoms with van der Waals surface area (Å²) in [4.78, 5) is 0. The highest BCUT2D eigenvalue weighted by molar-refractivity contribution is 5.31. The lowest BCUT2D eigenvalue weighted by atomic mass is 10.0. The molecule has 0 amide bonds. The van der Waals surface area contributed by atoms with Crippen LogP contribution in [0.5, 0.6) is 5.75 Å². The second-order valence-electron chi connectivity index (χ2n) is 4.62. The van der Waals surface area contributed by atoms with Crippen LogP contribution in [0.3, 0.4) is 0 Å². The molecule has 0 aromatic heterocycles. The van der Waals surface area contributed by atoms with Crippen molar-refractivity contribution in [3.8, 4) is 5.75 Å². The summed E-state index contributed by atoms with van der Waals surface area (Å²) in [6.07, 6.45) is 1.59. The lowest BCUT2D eigenvalue weighted by molar-refractivity contribution is 0.274. The number of hydrogen-bond donors (Lipinski definition) is 3. The summed E-state index contributed by atoms with van der Waals surface area (Å²) in [5.74, 6) is -0.156. The van der Waals surface area contributed by atoms with E-state index >= 15 is 0 Å². The van der Waals surface area contributed by atoms with E-state index in [-0.39, 0.29) is 30.3 Å². The van der Waals surface area contributed by atoms with Gasteiger partial charge in [0.25, 0.3) is 0 Å². The number of rotatable bonds is 8. The van der Waals surface area contributed by atoms with Crippen LogP contribution in [0.25, 0.3) is 0 Å². The van der Waals surface area contributed by atoms with Crippen LogP contribution >= 0.6 is 0 Å². The average Bonchev–Trinajstić information content (AvgIpc) is 2.42. The normalized spacial score (nSPS) is 14.2. The van der Waals surface area contributed by atoms with Crippen molar-refractivity contribution in [2.24, 2.45) is 5.73 Å². The number of methoxy groups -OCH3 is 1. The van der Waals surface area contributed by atoms with Crippen LogP contribution in [-0.2, 0) is 0 Å². The molecule has 0 aliphatic heterocycles. The molecule has 108 valence electrons. The third-order valence-electron chi connectivity index (χ3n) is 3.09. The number of ether oxygens (including phenoxy) is 1. The van der Waals surface area contributed by atoms with Gasteiger partial charge in [-0.3, -0.25) is 0 Å². The van der Waals surface area contributed by atoms with E-state index in [4.69, 9.17) is 15.6 Å². The number of aliphatic hydroxyl groups excluding tert-OH is 1. The van der Waals surface area contributed by atoms with E-state index in [1.807, 2.05) is 13.0 Å². The highest BCUT2D eigenvalue weighted by Gasteiger charge is 2.14. The Balaban J connectivity index is 2.71. The van der Waals surface area contributed by atoms with Gasteiger partial charge in [-0.15, -0.1) is 0 Å². The number of benzene rings is 1. The van der Waals surface area contributed by atoms with Gasteiger partial charge in [0.05, 0.1) is 7.11 Å². The van der Waals surface area contributed by atoms with Gasteiger partial charge in [-0.25, -0.2) is 4.39 Å². The SMILES string of the molecule is COc1ccc(C(CN)NC(C)CCCO)cc1F. The Morgan fingerprint density at radius 2 is 2.21 bits per heavy atom. The van der Waals surface area contributed by atoms with E-state index in [2.05, 4.69) is 5.32 Å². The predicted molar refractivity (Wildman–Crippen MR) is 73.7 cm³/mol. The second-order valence-corrected chi connectivity index (χ2v) is 4.62. The summed E-state index contributed by atoms with van der Waals surface area (Å²) < 4.78 is 18.6. The lowest BCUT2D eigenvalue weighted by Gasteiger charge is -2.22. The molecule has 0 saturated heterocycles. The summed E-state index contributed by atoms with van der Waals surface area (Å²) in [6.45, 7) is 2.59. The van der Waals surface area contributed by atoms with Crippen LogP contribution in [0.1, 0.15) is 31.4 Å². The first kappa shape index (κ1) is 15.9. The molecule has 0 heterocycles. The molecule has 0 aliphatic rings. The minimum atomic E-state index is -0.386. The zero-order valence-corrected chi connectivity index (χ0v) is 11.5. The molecule has 0 fully saturated rings. The zero-order valence-electron chi connectivity index (χ0n) is 11.5. The van der Waals surface area contributed by atoms with Crippen LogP contribution < -0.4 is 15.8 Å². The van der Waals surface area contributed by atoms with E-state index in [0.717, 1.165) is 18.4 Å². The van der Waals surface area contributed by atoms with Crippen LogP contribution in [-0.4, -0.2) is 31.4 Å². The predicted octanol–water partition coefficient (Wildman–Crippen LogP) is 1.58. The first-order valence-electron chi connectivity index (χ1n) is 6.52. The molecule has 0 radical (unpaired) electrons. The molecule has 0 aliphatic carbocycles. The van der Waals surface area contributed by atoms with E-state index in [1.54, 1.807) is 6.07 Å². The van der Waals surface area contributed by atoms with Gasteiger partial charge in [-0.05, 0) is 37.5 Å². The summed E-state index contributed by atoms with van der Waals surface area (Å²) >= 11 is 0. The van der Waals surface area contributed by atoms with Gasteiger partial charge < -0.3 is 20.9 Å². The summed E-state index contributed by atoms with van der Waals surface area (Å²) in [5, 5.41) is 12.1. The van der Waals surface area contributed by atoms with Gasteiger partial charge in [-0.2, -0.15) is 0 Å². The fourth-order valence-corrected chi connectivity index (χ4v) is 2.02. The first-order valence-corrected chi connectivity index (χ1v) is 6.52. The lowest BCUT2D eigenvalue weighted by Crippen LogP contribution is -2.35. The molecule has 0 spiro atoms. The topological polar surface area (TPSA) is 67.5 Å². The standard InChI is InChI=1S/C14H23FN2O2/c1-10(4-3-7-18)17-13(9-16)11-5-6-14(19-2)12(15)8-11/h5-6,8,10,13,17-18H,3-4,7,9,16H2,1-2H3. The largest absolute Gasteiger partial charge is 0.494 e. The van der Waals surface area contributed by atoms with Crippen LogP contribution in [0.2, 0.25) is 0 Å². The maximum atomic E-state index is 13.7. The number of aliphatic hydroxyl groups is 1. The number of nitrogens with one attached hydrogen (secondary N) is 1. The van der Waals surface area contributed by atoms with Gasteiger partial charge >= 0.3 is 0 Å². The Kier molecular flexibility index (Phi) is 6.77.